The Labute approximate surface area is 165 Å². The number of rotatable bonds is 5. The van der Waals surface area contributed by atoms with Crippen LogP contribution in [0.25, 0.3) is 0 Å². The molecule has 0 bridgehead atoms. The molecule has 0 radical (unpaired) electrons. The number of hydrogen-bond donors (Lipinski definition) is 2. The van der Waals surface area contributed by atoms with Gasteiger partial charge in [0.2, 0.25) is 0 Å². The molecule has 30 heavy (non-hydrogen) atoms. The molecule has 0 spiro atoms. The third-order valence-electron chi connectivity index (χ3n) is 3.95. The van der Waals surface area contributed by atoms with Crippen molar-refractivity contribution in [2.75, 3.05) is 0 Å². The number of nitrogens with one attached hydrogen (secondary N) is 1. The van der Waals surface area contributed by atoms with Gasteiger partial charge in [-0.15, -0.1) is 0 Å². The molecule has 158 valence electrons. The zero-order valence-corrected chi connectivity index (χ0v) is 14.8. The minimum Gasteiger partial charge on any atom is -0.480 e. The van der Waals surface area contributed by atoms with Gasteiger partial charge in [-0.3, -0.25) is 4.79 Å². The molecule has 0 heterocycles. The first-order valence-electron chi connectivity index (χ1n) is 8.13. The maximum Gasteiger partial charge on any atom is 0.416 e. The number of alkyl halides is 6. The second kappa shape index (κ2) is 8.44. The van der Waals surface area contributed by atoms with Crippen LogP contribution in [0.1, 0.15) is 32.6 Å². The molecule has 0 aromatic heterocycles. The largest absolute Gasteiger partial charge is 0.480 e. The average Bonchev–Trinajstić information content (AvgIpc) is 2.65. The van der Waals surface area contributed by atoms with Crippen LogP contribution in [0, 0.1) is 11.3 Å². The molecule has 11 heteroatoms. The van der Waals surface area contributed by atoms with Gasteiger partial charge >= 0.3 is 18.3 Å². The first-order chi connectivity index (χ1) is 13.8. The Bertz CT molecular complexity index is 976. The van der Waals surface area contributed by atoms with Crippen LogP contribution in [0.4, 0.5) is 26.3 Å². The minimum atomic E-state index is -5.15. The quantitative estimate of drug-likeness (QED) is 0.702. The van der Waals surface area contributed by atoms with Crippen LogP contribution in [0.15, 0.2) is 42.5 Å². The fourth-order valence-electron chi connectivity index (χ4n) is 2.53. The normalized spacial score (nSPS) is 12.7. The Morgan fingerprint density at radius 1 is 1.00 bits per heavy atom. The molecular weight excluding hydrogens is 418 g/mol. The van der Waals surface area contributed by atoms with Crippen molar-refractivity contribution in [3.63, 3.8) is 0 Å². The number of aliphatic carboxylic acids is 1. The number of carbonyl (C=O) groups is 2. The summed E-state index contributed by atoms with van der Waals surface area (Å²) in [7, 11) is 0. The van der Waals surface area contributed by atoms with E-state index >= 15 is 0 Å². The molecule has 0 aliphatic heterocycles. The molecule has 0 fully saturated rings. The van der Waals surface area contributed by atoms with E-state index in [1.165, 1.54) is 24.3 Å². The fourth-order valence-corrected chi connectivity index (χ4v) is 2.53. The Kier molecular flexibility index (Phi) is 6.40. The van der Waals surface area contributed by atoms with Crippen LogP contribution in [0.2, 0.25) is 0 Å². The van der Waals surface area contributed by atoms with Gasteiger partial charge in [-0.1, -0.05) is 12.1 Å². The van der Waals surface area contributed by atoms with E-state index in [-0.39, 0.29) is 30.2 Å². The van der Waals surface area contributed by atoms with Gasteiger partial charge in [0.25, 0.3) is 5.91 Å². The van der Waals surface area contributed by atoms with Crippen molar-refractivity contribution in [3.8, 4) is 6.07 Å². The predicted octanol–water partition coefficient (Wildman–Crippen LogP) is 4.02. The van der Waals surface area contributed by atoms with E-state index in [2.05, 4.69) is 0 Å². The molecule has 2 rings (SSSR count). The lowest BCUT2D eigenvalue weighted by Gasteiger charge is -2.17. The number of amides is 1. The second-order valence-electron chi connectivity index (χ2n) is 6.18. The smallest absolute Gasteiger partial charge is 0.416 e. The summed E-state index contributed by atoms with van der Waals surface area (Å²) >= 11 is 0. The van der Waals surface area contributed by atoms with E-state index in [0.29, 0.717) is 5.56 Å². The second-order valence-corrected chi connectivity index (χ2v) is 6.18. The molecule has 0 unspecified atom stereocenters. The van der Waals surface area contributed by atoms with Gasteiger partial charge in [-0.2, -0.15) is 31.6 Å². The fraction of sp³-hybridized carbons (Fsp3) is 0.211. The SMILES string of the molecule is N#Cc1cccc(C[C@H](NC(=O)c2cc(C(F)(F)F)cc(C(F)(F)F)c2)C(=O)O)c1. The highest BCUT2D eigenvalue weighted by Gasteiger charge is 2.37. The number of nitriles is 1. The van der Waals surface area contributed by atoms with Crippen molar-refractivity contribution in [1.82, 2.24) is 5.32 Å². The van der Waals surface area contributed by atoms with Crippen LogP contribution < -0.4 is 5.32 Å². The van der Waals surface area contributed by atoms with Gasteiger partial charge in [0.1, 0.15) is 6.04 Å². The van der Waals surface area contributed by atoms with E-state index in [0.717, 1.165) is 0 Å². The Morgan fingerprint density at radius 2 is 1.57 bits per heavy atom. The molecule has 5 nitrogen and oxygen atoms in total. The van der Waals surface area contributed by atoms with Crippen molar-refractivity contribution >= 4 is 11.9 Å². The monoisotopic (exact) mass is 430 g/mol. The summed E-state index contributed by atoms with van der Waals surface area (Å²) in [5, 5.41) is 20.1. The van der Waals surface area contributed by atoms with E-state index < -0.39 is 47.0 Å². The van der Waals surface area contributed by atoms with Crippen LogP contribution in [0.3, 0.4) is 0 Å². The lowest BCUT2D eigenvalue weighted by Crippen LogP contribution is -2.42. The highest BCUT2D eigenvalue weighted by atomic mass is 19.4. The summed E-state index contributed by atoms with van der Waals surface area (Å²) in [6.07, 6.45) is -10.7. The van der Waals surface area contributed by atoms with Gasteiger partial charge in [0.05, 0.1) is 22.8 Å². The summed E-state index contributed by atoms with van der Waals surface area (Å²) in [5.41, 5.74) is -3.86. The van der Waals surface area contributed by atoms with Gasteiger partial charge in [-0.25, -0.2) is 4.79 Å². The van der Waals surface area contributed by atoms with Crippen LogP contribution >= 0.6 is 0 Å². The molecule has 2 aromatic carbocycles. The average molecular weight is 430 g/mol. The predicted molar refractivity (Wildman–Crippen MR) is 90.2 cm³/mol. The zero-order chi connectivity index (χ0) is 22.7. The van der Waals surface area contributed by atoms with Gasteiger partial charge < -0.3 is 10.4 Å². The summed E-state index contributed by atoms with van der Waals surface area (Å²) in [5.74, 6) is -2.98. The van der Waals surface area contributed by atoms with E-state index in [1.54, 1.807) is 0 Å². The third kappa shape index (κ3) is 5.73. The molecule has 0 aliphatic rings. The van der Waals surface area contributed by atoms with Crippen molar-refractivity contribution < 1.29 is 41.0 Å². The van der Waals surface area contributed by atoms with Crippen molar-refractivity contribution in [3.05, 3.63) is 70.3 Å². The third-order valence-corrected chi connectivity index (χ3v) is 3.95. The highest BCUT2D eigenvalue weighted by Crippen LogP contribution is 2.36. The lowest BCUT2D eigenvalue weighted by atomic mass is 10.0. The van der Waals surface area contributed by atoms with E-state index in [9.17, 15) is 41.0 Å². The highest BCUT2D eigenvalue weighted by molar-refractivity contribution is 5.97. The summed E-state index contributed by atoms with van der Waals surface area (Å²) in [4.78, 5) is 23.7. The standard InChI is InChI=1S/C19H12F6N2O3/c20-18(21,22)13-6-12(7-14(8-13)19(23,24)25)16(28)27-15(17(29)30)5-10-2-1-3-11(4-10)9-26/h1-4,6-8,15H,5H2,(H,27,28)(H,29,30)/t15-/m0/s1. The number of carbonyl (C=O) groups excluding carboxylic acids is 1. The van der Waals surface area contributed by atoms with E-state index in [4.69, 9.17) is 5.26 Å². The molecule has 1 amide bonds. The Morgan fingerprint density at radius 3 is 2.03 bits per heavy atom. The first-order valence-corrected chi connectivity index (χ1v) is 8.13. The molecular formula is C19H12F6N2O3. The summed E-state index contributed by atoms with van der Waals surface area (Å²) in [6, 6.07) is 6.14. The zero-order valence-electron chi connectivity index (χ0n) is 14.8. The number of hydrogen-bond acceptors (Lipinski definition) is 3. The number of halogens is 6. The molecule has 1 atom stereocenters. The lowest BCUT2D eigenvalue weighted by molar-refractivity contribution is -0.143. The Hall–Kier alpha value is -3.55. The van der Waals surface area contributed by atoms with Crippen LogP contribution in [-0.4, -0.2) is 23.0 Å². The topological polar surface area (TPSA) is 90.2 Å². The van der Waals surface area contributed by atoms with Crippen LogP contribution in [0.5, 0.6) is 0 Å². The Balaban J connectivity index is 2.35. The molecule has 2 N–H and O–H groups in total. The van der Waals surface area contributed by atoms with Crippen molar-refractivity contribution in [2.45, 2.75) is 24.8 Å². The van der Waals surface area contributed by atoms with Gasteiger partial charge in [-0.05, 0) is 35.9 Å². The summed E-state index contributed by atoms with van der Waals surface area (Å²) < 4.78 is 77.6. The molecule has 0 aliphatic carbocycles. The van der Waals surface area contributed by atoms with Gasteiger partial charge in [0.15, 0.2) is 0 Å². The number of nitrogens with zero attached hydrogens (tertiary/aromatic N) is 1. The van der Waals surface area contributed by atoms with E-state index in [1.807, 2.05) is 11.4 Å². The minimum absolute atomic E-state index is 0.140. The number of carboxylic acid groups (broad SMARTS) is 1. The maximum atomic E-state index is 12.9. The van der Waals surface area contributed by atoms with Crippen molar-refractivity contribution in [2.24, 2.45) is 0 Å². The maximum absolute atomic E-state index is 12.9. The summed E-state index contributed by atoms with van der Waals surface area (Å²) in [6.45, 7) is 0. The first kappa shape index (κ1) is 22.7. The van der Waals surface area contributed by atoms with Gasteiger partial charge in [0, 0.05) is 12.0 Å². The number of carboxylic acids is 1. The molecule has 0 saturated carbocycles. The molecule has 0 saturated heterocycles. The molecule has 2 aromatic rings. The number of benzene rings is 2. The van der Waals surface area contributed by atoms with Crippen molar-refractivity contribution in [1.29, 1.82) is 5.26 Å². The van der Waals surface area contributed by atoms with Crippen LogP contribution in [-0.2, 0) is 23.6 Å².